The Balaban J connectivity index is 2.36. The van der Waals surface area contributed by atoms with Gasteiger partial charge in [0.05, 0.1) is 0 Å². The second kappa shape index (κ2) is 5.47. The third kappa shape index (κ3) is 2.74. The number of aryl methyl sites for hydroxylation is 1. The highest BCUT2D eigenvalue weighted by molar-refractivity contribution is 7.80. The van der Waals surface area contributed by atoms with E-state index in [0.29, 0.717) is 16.9 Å². The molecule has 0 spiro atoms. The van der Waals surface area contributed by atoms with Crippen LogP contribution in [0.2, 0.25) is 0 Å². The summed E-state index contributed by atoms with van der Waals surface area (Å²) < 4.78 is 0. The van der Waals surface area contributed by atoms with Gasteiger partial charge in [0.1, 0.15) is 4.99 Å². The molecule has 104 valence electrons. The van der Waals surface area contributed by atoms with Crippen molar-refractivity contribution in [2.45, 2.75) is 19.9 Å². The molecule has 3 nitrogen and oxygen atoms in total. The molecule has 1 aromatic rings. The van der Waals surface area contributed by atoms with E-state index in [1.807, 2.05) is 12.1 Å². The van der Waals surface area contributed by atoms with Gasteiger partial charge in [-0.2, -0.15) is 0 Å². The van der Waals surface area contributed by atoms with Crippen LogP contribution in [-0.2, 0) is 0 Å². The maximum atomic E-state index is 5.87. The van der Waals surface area contributed by atoms with Crippen molar-refractivity contribution in [3.8, 4) is 0 Å². The first kappa shape index (κ1) is 14.3. The molecule has 1 aliphatic rings. The van der Waals surface area contributed by atoms with E-state index < -0.39 is 0 Å². The lowest BCUT2D eigenvalue weighted by molar-refractivity contribution is 0.266. The fourth-order valence-electron chi connectivity index (χ4n) is 3.08. The molecule has 2 atom stereocenters. The van der Waals surface area contributed by atoms with Crippen molar-refractivity contribution in [1.29, 1.82) is 0 Å². The summed E-state index contributed by atoms with van der Waals surface area (Å²) in [6.45, 7) is 6.53. The fourth-order valence-corrected chi connectivity index (χ4v) is 3.25. The van der Waals surface area contributed by atoms with Crippen LogP contribution in [0.4, 0.5) is 5.69 Å². The third-order valence-electron chi connectivity index (χ3n) is 4.06. The summed E-state index contributed by atoms with van der Waals surface area (Å²) in [5, 5.41) is 0. The molecule has 1 aliphatic heterocycles. The summed E-state index contributed by atoms with van der Waals surface area (Å²) >= 11 is 5.20. The molecule has 2 N–H and O–H groups in total. The molecule has 2 rings (SSSR count). The van der Waals surface area contributed by atoms with E-state index in [4.69, 9.17) is 18.0 Å². The van der Waals surface area contributed by atoms with Crippen LogP contribution in [0.3, 0.4) is 0 Å². The Morgan fingerprint density at radius 1 is 1.37 bits per heavy atom. The number of rotatable bonds is 3. The van der Waals surface area contributed by atoms with Crippen LogP contribution in [-0.4, -0.2) is 43.1 Å². The molecule has 1 saturated heterocycles. The Morgan fingerprint density at radius 3 is 2.58 bits per heavy atom. The van der Waals surface area contributed by atoms with E-state index in [1.54, 1.807) is 0 Å². The van der Waals surface area contributed by atoms with Crippen molar-refractivity contribution in [3.05, 3.63) is 29.3 Å². The van der Waals surface area contributed by atoms with Gasteiger partial charge in [-0.15, -0.1) is 0 Å². The lowest BCUT2D eigenvalue weighted by atomic mass is 10.1. The minimum absolute atomic E-state index is 0.486. The molecule has 0 aromatic heterocycles. The van der Waals surface area contributed by atoms with E-state index in [1.165, 1.54) is 11.3 Å². The van der Waals surface area contributed by atoms with Gasteiger partial charge in [-0.3, -0.25) is 0 Å². The number of thiocarbonyl (C=S) groups is 1. The van der Waals surface area contributed by atoms with E-state index >= 15 is 0 Å². The lowest BCUT2D eigenvalue weighted by Crippen LogP contribution is -2.34. The number of anilines is 1. The van der Waals surface area contributed by atoms with Crippen molar-refractivity contribution in [2.24, 2.45) is 11.7 Å². The van der Waals surface area contributed by atoms with Crippen LogP contribution in [0.5, 0.6) is 0 Å². The normalized spacial score (nSPS) is 23.1. The smallest absolute Gasteiger partial charge is 0.106 e. The predicted octanol–water partition coefficient (Wildman–Crippen LogP) is 2.02. The molecule has 4 heteroatoms. The summed E-state index contributed by atoms with van der Waals surface area (Å²) in [5.74, 6) is 0.647. The predicted molar refractivity (Wildman–Crippen MR) is 85.9 cm³/mol. The standard InChI is InChI=1S/C15H23N3S/c1-10-6-5-7-12(15(16)19)14(10)18-8-11(2)13(9-18)17(3)4/h5-7,11,13H,8-9H2,1-4H3,(H2,16,19). The fraction of sp³-hybridized carbons (Fsp3) is 0.533. The number of hydrogen-bond acceptors (Lipinski definition) is 3. The molecular formula is C15H23N3S. The van der Waals surface area contributed by atoms with Crippen LogP contribution >= 0.6 is 12.2 Å². The summed E-state index contributed by atoms with van der Waals surface area (Å²) in [4.78, 5) is 5.22. The van der Waals surface area contributed by atoms with E-state index in [-0.39, 0.29) is 0 Å². The molecule has 2 unspecified atom stereocenters. The molecular weight excluding hydrogens is 254 g/mol. The van der Waals surface area contributed by atoms with Gasteiger partial charge in [0, 0.05) is 30.4 Å². The van der Waals surface area contributed by atoms with Gasteiger partial charge in [-0.1, -0.05) is 31.3 Å². The zero-order valence-electron chi connectivity index (χ0n) is 12.2. The maximum Gasteiger partial charge on any atom is 0.106 e. The number of likely N-dealkylation sites (N-methyl/N-ethyl adjacent to an activating group) is 1. The first-order chi connectivity index (χ1) is 8.91. The van der Waals surface area contributed by atoms with Gasteiger partial charge >= 0.3 is 0 Å². The summed E-state index contributed by atoms with van der Waals surface area (Å²) in [6, 6.07) is 6.76. The Kier molecular flexibility index (Phi) is 4.11. The van der Waals surface area contributed by atoms with Crippen LogP contribution in [0.15, 0.2) is 18.2 Å². The largest absolute Gasteiger partial charge is 0.389 e. The van der Waals surface area contributed by atoms with Crippen molar-refractivity contribution < 1.29 is 0 Å². The second-order valence-electron chi connectivity index (χ2n) is 5.75. The van der Waals surface area contributed by atoms with Gasteiger partial charge < -0.3 is 15.5 Å². The van der Waals surface area contributed by atoms with Crippen LogP contribution < -0.4 is 10.6 Å². The van der Waals surface area contributed by atoms with Crippen LogP contribution in [0.25, 0.3) is 0 Å². The molecule has 0 bridgehead atoms. The quantitative estimate of drug-likeness (QED) is 0.857. The first-order valence-electron chi connectivity index (χ1n) is 6.72. The van der Waals surface area contributed by atoms with Crippen molar-refractivity contribution in [3.63, 3.8) is 0 Å². The average Bonchev–Trinajstić information content (AvgIpc) is 2.70. The average molecular weight is 277 g/mol. The molecule has 19 heavy (non-hydrogen) atoms. The molecule has 1 fully saturated rings. The highest BCUT2D eigenvalue weighted by Gasteiger charge is 2.32. The summed E-state index contributed by atoms with van der Waals surface area (Å²) in [6.07, 6.45) is 0. The van der Waals surface area contributed by atoms with Crippen LogP contribution in [0, 0.1) is 12.8 Å². The molecule has 0 saturated carbocycles. The van der Waals surface area contributed by atoms with E-state index in [2.05, 4.69) is 43.8 Å². The Morgan fingerprint density at radius 2 is 2.05 bits per heavy atom. The molecule has 0 aliphatic carbocycles. The van der Waals surface area contributed by atoms with E-state index in [9.17, 15) is 0 Å². The summed E-state index contributed by atoms with van der Waals surface area (Å²) in [7, 11) is 4.30. The van der Waals surface area contributed by atoms with Gasteiger partial charge in [0.15, 0.2) is 0 Å². The van der Waals surface area contributed by atoms with Gasteiger partial charge in [0.2, 0.25) is 0 Å². The zero-order valence-corrected chi connectivity index (χ0v) is 13.0. The Bertz CT molecular complexity index is 484. The van der Waals surface area contributed by atoms with Crippen molar-refractivity contribution in [1.82, 2.24) is 4.90 Å². The first-order valence-corrected chi connectivity index (χ1v) is 7.13. The SMILES string of the molecule is Cc1cccc(C(N)=S)c1N1CC(C)C(N(C)C)C1. The number of hydrogen-bond donors (Lipinski definition) is 1. The number of nitrogens with two attached hydrogens (primary N) is 1. The molecule has 0 radical (unpaired) electrons. The lowest BCUT2D eigenvalue weighted by Gasteiger charge is -2.25. The summed E-state index contributed by atoms with van der Waals surface area (Å²) in [5.41, 5.74) is 9.34. The monoisotopic (exact) mass is 277 g/mol. The van der Waals surface area contributed by atoms with Gasteiger partial charge in [0.25, 0.3) is 0 Å². The molecule has 1 aromatic carbocycles. The minimum atomic E-state index is 0.486. The Labute approximate surface area is 121 Å². The Hall–Kier alpha value is -1.13. The molecule has 1 heterocycles. The number of benzene rings is 1. The molecule has 0 amide bonds. The van der Waals surface area contributed by atoms with Gasteiger partial charge in [-0.25, -0.2) is 0 Å². The number of nitrogens with zero attached hydrogens (tertiary/aromatic N) is 2. The third-order valence-corrected chi connectivity index (χ3v) is 4.28. The zero-order chi connectivity index (χ0) is 14.2. The van der Waals surface area contributed by atoms with Crippen LogP contribution in [0.1, 0.15) is 18.1 Å². The topological polar surface area (TPSA) is 32.5 Å². The minimum Gasteiger partial charge on any atom is -0.389 e. The second-order valence-corrected chi connectivity index (χ2v) is 6.19. The highest BCUT2D eigenvalue weighted by atomic mass is 32.1. The highest BCUT2D eigenvalue weighted by Crippen LogP contribution is 2.31. The van der Waals surface area contributed by atoms with E-state index in [0.717, 1.165) is 18.7 Å². The maximum absolute atomic E-state index is 5.87. The van der Waals surface area contributed by atoms with Gasteiger partial charge in [-0.05, 0) is 38.6 Å². The number of para-hydroxylation sites is 1. The van der Waals surface area contributed by atoms with Crippen molar-refractivity contribution >= 4 is 22.9 Å². The van der Waals surface area contributed by atoms with Crippen molar-refractivity contribution in [2.75, 3.05) is 32.1 Å².